The first-order chi connectivity index (χ1) is 24.0. The topological polar surface area (TPSA) is 105 Å². The Balaban J connectivity index is 1.10. The van der Waals surface area contributed by atoms with E-state index in [1.54, 1.807) is 35.2 Å². The van der Waals surface area contributed by atoms with Crippen molar-refractivity contribution in [3.63, 3.8) is 0 Å². The smallest absolute Gasteiger partial charge is 0.315 e. The van der Waals surface area contributed by atoms with Gasteiger partial charge >= 0.3 is 6.03 Å². The Hall–Kier alpha value is -3.54. The van der Waals surface area contributed by atoms with E-state index in [1.165, 1.54) is 7.05 Å². The summed E-state index contributed by atoms with van der Waals surface area (Å²) in [5.41, 5.74) is 2.12. The molecule has 2 N–H and O–H groups in total. The van der Waals surface area contributed by atoms with E-state index in [1.807, 2.05) is 46.2 Å². The lowest BCUT2D eigenvalue weighted by Crippen LogP contribution is -2.57. The van der Waals surface area contributed by atoms with Gasteiger partial charge in [0.05, 0.1) is 16.1 Å². The van der Waals surface area contributed by atoms with Gasteiger partial charge in [-0.05, 0) is 47.9 Å². The molecule has 10 nitrogen and oxygen atoms in total. The van der Waals surface area contributed by atoms with Crippen molar-refractivity contribution in [2.24, 2.45) is 0 Å². The molecule has 50 heavy (non-hydrogen) atoms. The van der Waals surface area contributed by atoms with Gasteiger partial charge in [-0.2, -0.15) is 0 Å². The second-order valence-corrected chi connectivity index (χ2v) is 14.6. The number of amides is 5. The maximum atomic E-state index is 13.9. The third-order valence-corrected chi connectivity index (χ3v) is 11.0. The van der Waals surface area contributed by atoms with Crippen LogP contribution in [0.5, 0.6) is 0 Å². The molecule has 5 amide bonds. The van der Waals surface area contributed by atoms with Crippen molar-refractivity contribution in [2.45, 2.75) is 43.4 Å². The number of fused-ring (bicyclic) bond motifs is 2. The number of hydrogen-bond acceptors (Lipinski definition) is 5. The van der Waals surface area contributed by atoms with Crippen molar-refractivity contribution in [2.75, 3.05) is 46.3 Å². The van der Waals surface area contributed by atoms with E-state index in [9.17, 15) is 19.2 Å². The van der Waals surface area contributed by atoms with Crippen LogP contribution in [0.15, 0.2) is 66.7 Å². The van der Waals surface area contributed by atoms with Crippen LogP contribution < -0.4 is 10.6 Å². The fraction of sp³-hybridized carbons (Fsp3) is 0.389. The normalized spacial score (nSPS) is 20.9. The minimum Gasteiger partial charge on any atom is -0.341 e. The van der Waals surface area contributed by atoms with E-state index < -0.39 is 18.1 Å². The van der Waals surface area contributed by atoms with Crippen molar-refractivity contribution in [1.82, 2.24) is 30.2 Å². The second kappa shape index (κ2) is 15.8. The number of halogens is 4. The summed E-state index contributed by atoms with van der Waals surface area (Å²) in [5, 5.41) is 6.89. The van der Waals surface area contributed by atoms with Crippen LogP contribution >= 0.6 is 46.4 Å². The third-order valence-electron chi connectivity index (χ3n) is 9.79. The lowest BCUT2D eigenvalue weighted by Gasteiger charge is -2.42. The first kappa shape index (κ1) is 36.3. The van der Waals surface area contributed by atoms with Gasteiger partial charge in [0.1, 0.15) is 6.04 Å². The van der Waals surface area contributed by atoms with Crippen LogP contribution in [0.3, 0.4) is 0 Å². The summed E-state index contributed by atoms with van der Waals surface area (Å²) in [5.74, 6) is -0.361. The molecular weight excluding hydrogens is 722 g/mol. The van der Waals surface area contributed by atoms with Gasteiger partial charge in [-0.25, -0.2) is 4.79 Å². The number of likely N-dealkylation sites (tertiary alicyclic amines) is 2. The Kier molecular flexibility index (Phi) is 11.4. The fourth-order valence-electron chi connectivity index (χ4n) is 7.29. The second-order valence-electron chi connectivity index (χ2n) is 12.9. The van der Waals surface area contributed by atoms with Crippen LogP contribution in [-0.4, -0.2) is 108 Å². The first-order valence-corrected chi connectivity index (χ1v) is 18.1. The molecule has 14 heteroatoms. The number of piperazine rings is 2. The van der Waals surface area contributed by atoms with Crippen LogP contribution in [-0.2, 0) is 16.0 Å². The summed E-state index contributed by atoms with van der Waals surface area (Å²) < 4.78 is 0. The van der Waals surface area contributed by atoms with Crippen molar-refractivity contribution >= 4 is 70.2 Å². The number of carbonyl (C=O) groups is 4. The third kappa shape index (κ3) is 8.16. The number of rotatable bonds is 9. The molecule has 0 spiro atoms. The Morgan fingerprint density at radius 3 is 2.22 bits per heavy atom. The molecule has 264 valence electrons. The SMILES string of the molecule is CNC(=O)NC(Cc1ccccc1)C(=O)N1CC2CC1CN2CCC(=O)N1CCN(C(=O)c2cc(Cl)cc(Cl)c2)CC1c1ccc(Cl)c(Cl)c1. The van der Waals surface area contributed by atoms with E-state index in [-0.39, 0.29) is 42.8 Å². The fourth-order valence-corrected chi connectivity index (χ4v) is 8.12. The van der Waals surface area contributed by atoms with E-state index >= 15 is 0 Å². The summed E-state index contributed by atoms with van der Waals surface area (Å²) in [4.78, 5) is 61.1. The molecule has 4 unspecified atom stereocenters. The molecule has 3 saturated heterocycles. The summed E-state index contributed by atoms with van der Waals surface area (Å²) in [6.45, 7) is 2.67. The Labute approximate surface area is 311 Å². The molecule has 0 radical (unpaired) electrons. The zero-order valence-corrected chi connectivity index (χ0v) is 30.5. The van der Waals surface area contributed by atoms with Gasteiger partial charge in [-0.15, -0.1) is 0 Å². The monoisotopic (exact) mass is 758 g/mol. The average molecular weight is 761 g/mol. The summed E-state index contributed by atoms with van der Waals surface area (Å²) in [6.07, 6.45) is 1.49. The number of hydrogen-bond donors (Lipinski definition) is 2. The predicted octanol–water partition coefficient (Wildman–Crippen LogP) is 5.54. The first-order valence-electron chi connectivity index (χ1n) is 16.6. The molecular formula is C36H38Cl4N6O4. The maximum Gasteiger partial charge on any atom is 0.315 e. The van der Waals surface area contributed by atoms with E-state index in [0.717, 1.165) is 17.5 Å². The minimum absolute atomic E-state index is 0.00544. The van der Waals surface area contributed by atoms with Crippen molar-refractivity contribution in [3.8, 4) is 0 Å². The zero-order valence-electron chi connectivity index (χ0n) is 27.5. The highest BCUT2D eigenvalue weighted by Gasteiger charge is 2.46. The zero-order chi connectivity index (χ0) is 35.5. The molecule has 0 aromatic heterocycles. The van der Waals surface area contributed by atoms with Gasteiger partial charge in [-0.1, -0.05) is 82.8 Å². The molecule has 3 aromatic carbocycles. The summed E-state index contributed by atoms with van der Waals surface area (Å²) in [7, 11) is 1.53. The van der Waals surface area contributed by atoms with Crippen molar-refractivity contribution in [3.05, 3.63) is 104 Å². The molecule has 3 heterocycles. The summed E-state index contributed by atoms with van der Waals surface area (Å²) in [6, 6.07) is 18.2. The summed E-state index contributed by atoms with van der Waals surface area (Å²) >= 11 is 25.0. The highest BCUT2D eigenvalue weighted by molar-refractivity contribution is 6.42. The largest absolute Gasteiger partial charge is 0.341 e. The molecule has 3 fully saturated rings. The highest BCUT2D eigenvalue weighted by atomic mass is 35.5. The minimum atomic E-state index is -0.688. The van der Waals surface area contributed by atoms with Gasteiger partial charge in [0.2, 0.25) is 11.8 Å². The van der Waals surface area contributed by atoms with Gasteiger partial charge in [-0.3, -0.25) is 19.3 Å². The van der Waals surface area contributed by atoms with Crippen LogP contribution in [0.4, 0.5) is 4.79 Å². The molecule has 2 bridgehead atoms. The standard InChI is InChI=1S/C36H38Cl4N6O4/c1-41-36(50)42-31(13-22-5-3-2-4-6-22)35(49)46-20-27-18-28(46)19-43(27)10-9-33(47)45-12-11-44(34(48)24-14-25(37)17-26(38)15-24)21-32(45)23-7-8-29(39)30(40)16-23/h2-8,14-17,27-28,31-32H,9-13,18-21H2,1H3,(H2,41,42,50). The molecule has 3 aliphatic rings. The molecule has 3 aliphatic heterocycles. The van der Waals surface area contributed by atoms with Crippen LogP contribution in [0, 0.1) is 0 Å². The van der Waals surface area contributed by atoms with E-state index in [2.05, 4.69) is 15.5 Å². The van der Waals surface area contributed by atoms with Crippen molar-refractivity contribution in [1.29, 1.82) is 0 Å². The molecule has 3 aromatic rings. The predicted molar refractivity (Wildman–Crippen MR) is 195 cm³/mol. The number of nitrogens with one attached hydrogen (secondary N) is 2. The number of urea groups is 1. The number of nitrogens with zero attached hydrogens (tertiary/aromatic N) is 4. The van der Waals surface area contributed by atoms with Gasteiger partial charge in [0, 0.05) is 86.9 Å². The number of carbonyl (C=O) groups excluding carboxylic acids is 4. The van der Waals surface area contributed by atoms with E-state index in [0.29, 0.717) is 64.8 Å². The number of benzene rings is 3. The van der Waals surface area contributed by atoms with Crippen LogP contribution in [0.1, 0.15) is 40.4 Å². The lowest BCUT2D eigenvalue weighted by atomic mass is 10.0. The Bertz CT molecular complexity index is 1740. The van der Waals surface area contributed by atoms with Gasteiger partial charge in [0.25, 0.3) is 5.91 Å². The molecule has 0 aliphatic carbocycles. The quantitative estimate of drug-likeness (QED) is 0.298. The van der Waals surface area contributed by atoms with Crippen LogP contribution in [0.2, 0.25) is 20.1 Å². The molecule has 6 rings (SSSR count). The van der Waals surface area contributed by atoms with Crippen LogP contribution in [0.25, 0.3) is 0 Å². The highest BCUT2D eigenvalue weighted by Crippen LogP contribution is 2.34. The average Bonchev–Trinajstić information content (AvgIpc) is 3.72. The Morgan fingerprint density at radius 2 is 1.56 bits per heavy atom. The van der Waals surface area contributed by atoms with Gasteiger partial charge in [0.15, 0.2) is 0 Å². The van der Waals surface area contributed by atoms with Gasteiger partial charge < -0.3 is 25.3 Å². The molecule has 0 saturated carbocycles. The Morgan fingerprint density at radius 1 is 0.820 bits per heavy atom. The van der Waals surface area contributed by atoms with E-state index in [4.69, 9.17) is 46.4 Å². The lowest BCUT2D eigenvalue weighted by molar-refractivity contribution is -0.138. The van der Waals surface area contributed by atoms with Crippen molar-refractivity contribution < 1.29 is 19.2 Å². The molecule has 4 atom stereocenters. The maximum absolute atomic E-state index is 13.9.